The SMILES string of the molecule is O=S(=O)(/C=C/c1ccccc1)N1CC(n2ccnn2)C1. The largest absolute Gasteiger partial charge is 0.247 e. The molecule has 0 aliphatic carbocycles. The van der Waals surface area contributed by atoms with E-state index in [1.54, 1.807) is 23.2 Å². The molecule has 104 valence electrons. The molecule has 0 unspecified atom stereocenters. The normalized spacial score (nSPS) is 17.4. The Bertz CT molecular complexity index is 689. The van der Waals surface area contributed by atoms with Crippen molar-refractivity contribution in [1.82, 2.24) is 19.3 Å². The first-order chi connectivity index (χ1) is 9.65. The molecule has 0 amide bonds. The van der Waals surface area contributed by atoms with Gasteiger partial charge in [-0.15, -0.1) is 5.10 Å². The summed E-state index contributed by atoms with van der Waals surface area (Å²) in [7, 11) is -3.35. The molecule has 1 fully saturated rings. The highest BCUT2D eigenvalue weighted by Crippen LogP contribution is 2.24. The Morgan fingerprint density at radius 1 is 1.20 bits per heavy atom. The molecule has 0 N–H and O–H groups in total. The van der Waals surface area contributed by atoms with Gasteiger partial charge in [0, 0.05) is 24.7 Å². The smallest absolute Gasteiger partial charge is 0.236 e. The number of aromatic nitrogens is 3. The molecular formula is C13H14N4O2S. The average Bonchev–Trinajstić information content (AvgIpc) is 2.89. The summed E-state index contributed by atoms with van der Waals surface area (Å²) < 4.78 is 27.3. The number of sulfonamides is 1. The third-order valence-electron chi connectivity index (χ3n) is 3.24. The molecule has 1 aliphatic rings. The van der Waals surface area contributed by atoms with E-state index in [1.165, 1.54) is 9.71 Å². The first-order valence-electron chi connectivity index (χ1n) is 6.24. The molecule has 20 heavy (non-hydrogen) atoms. The molecule has 0 saturated carbocycles. The van der Waals surface area contributed by atoms with Crippen LogP contribution in [0.15, 0.2) is 48.1 Å². The van der Waals surface area contributed by atoms with Gasteiger partial charge in [0.25, 0.3) is 0 Å². The van der Waals surface area contributed by atoms with E-state index in [0.29, 0.717) is 13.1 Å². The van der Waals surface area contributed by atoms with E-state index in [2.05, 4.69) is 10.3 Å². The van der Waals surface area contributed by atoms with Crippen molar-refractivity contribution in [3.8, 4) is 0 Å². The van der Waals surface area contributed by atoms with E-state index in [1.807, 2.05) is 30.3 Å². The number of hydrogen-bond donors (Lipinski definition) is 0. The molecule has 0 radical (unpaired) electrons. The summed E-state index contributed by atoms with van der Waals surface area (Å²) in [5.74, 6) is 0. The average molecular weight is 290 g/mol. The Hall–Kier alpha value is -1.99. The van der Waals surface area contributed by atoms with Crippen LogP contribution in [0.3, 0.4) is 0 Å². The van der Waals surface area contributed by atoms with Crippen LogP contribution >= 0.6 is 0 Å². The van der Waals surface area contributed by atoms with E-state index >= 15 is 0 Å². The molecule has 0 bridgehead atoms. The Morgan fingerprint density at radius 2 is 1.95 bits per heavy atom. The van der Waals surface area contributed by atoms with Gasteiger partial charge in [-0.25, -0.2) is 13.1 Å². The lowest BCUT2D eigenvalue weighted by atomic mass is 10.2. The zero-order valence-electron chi connectivity index (χ0n) is 10.7. The second-order valence-electron chi connectivity index (χ2n) is 4.61. The van der Waals surface area contributed by atoms with Gasteiger partial charge >= 0.3 is 0 Å². The van der Waals surface area contributed by atoms with Gasteiger partial charge < -0.3 is 0 Å². The third kappa shape index (κ3) is 2.63. The van der Waals surface area contributed by atoms with E-state index < -0.39 is 10.0 Å². The summed E-state index contributed by atoms with van der Waals surface area (Å²) in [5.41, 5.74) is 0.865. The van der Waals surface area contributed by atoms with E-state index in [4.69, 9.17) is 0 Å². The second kappa shape index (κ2) is 5.18. The zero-order chi connectivity index (χ0) is 14.0. The van der Waals surface area contributed by atoms with Gasteiger partial charge in [-0.05, 0) is 11.6 Å². The van der Waals surface area contributed by atoms with Crippen molar-refractivity contribution in [2.75, 3.05) is 13.1 Å². The molecular weight excluding hydrogens is 276 g/mol. The minimum atomic E-state index is -3.35. The topological polar surface area (TPSA) is 68.1 Å². The van der Waals surface area contributed by atoms with Crippen LogP contribution in [-0.4, -0.2) is 40.8 Å². The second-order valence-corrected chi connectivity index (χ2v) is 6.43. The van der Waals surface area contributed by atoms with Crippen molar-refractivity contribution in [1.29, 1.82) is 0 Å². The maximum Gasteiger partial charge on any atom is 0.236 e. The summed E-state index contributed by atoms with van der Waals surface area (Å²) in [6.45, 7) is 0.871. The maximum absolute atomic E-state index is 12.1. The molecule has 2 heterocycles. The summed E-state index contributed by atoms with van der Waals surface area (Å²) >= 11 is 0. The summed E-state index contributed by atoms with van der Waals surface area (Å²) in [5, 5.41) is 8.84. The van der Waals surface area contributed by atoms with Crippen LogP contribution in [0.4, 0.5) is 0 Å². The quantitative estimate of drug-likeness (QED) is 0.846. The lowest BCUT2D eigenvalue weighted by Crippen LogP contribution is -2.50. The lowest BCUT2D eigenvalue weighted by Gasteiger charge is -2.36. The van der Waals surface area contributed by atoms with Crippen molar-refractivity contribution >= 4 is 16.1 Å². The summed E-state index contributed by atoms with van der Waals surface area (Å²) in [6.07, 6.45) is 4.94. The number of benzene rings is 1. The Kier molecular flexibility index (Phi) is 3.37. The van der Waals surface area contributed by atoms with Crippen molar-refractivity contribution in [2.45, 2.75) is 6.04 Å². The monoisotopic (exact) mass is 290 g/mol. The van der Waals surface area contributed by atoms with Crippen molar-refractivity contribution in [3.63, 3.8) is 0 Å². The third-order valence-corrected chi connectivity index (χ3v) is 4.73. The van der Waals surface area contributed by atoms with Crippen LogP contribution in [-0.2, 0) is 10.0 Å². The number of nitrogens with zero attached hydrogens (tertiary/aromatic N) is 4. The van der Waals surface area contributed by atoms with Crippen LogP contribution < -0.4 is 0 Å². The van der Waals surface area contributed by atoms with Crippen molar-refractivity contribution in [3.05, 3.63) is 53.7 Å². The number of rotatable bonds is 4. The molecule has 6 nitrogen and oxygen atoms in total. The molecule has 3 rings (SSSR count). The highest BCUT2D eigenvalue weighted by molar-refractivity contribution is 7.92. The van der Waals surface area contributed by atoms with Crippen LogP contribution in [0.2, 0.25) is 0 Å². The zero-order valence-corrected chi connectivity index (χ0v) is 11.5. The van der Waals surface area contributed by atoms with E-state index in [9.17, 15) is 8.42 Å². The van der Waals surface area contributed by atoms with E-state index in [0.717, 1.165) is 5.56 Å². The van der Waals surface area contributed by atoms with Crippen molar-refractivity contribution < 1.29 is 8.42 Å². The van der Waals surface area contributed by atoms with Crippen molar-refractivity contribution in [2.24, 2.45) is 0 Å². The van der Waals surface area contributed by atoms with Gasteiger partial charge in [-0.3, -0.25) is 0 Å². The summed E-state index contributed by atoms with van der Waals surface area (Å²) in [4.78, 5) is 0. The summed E-state index contributed by atoms with van der Waals surface area (Å²) in [6, 6.07) is 9.44. The molecule has 1 aliphatic heterocycles. The highest BCUT2D eigenvalue weighted by atomic mass is 32.2. The molecule has 0 atom stereocenters. The van der Waals surface area contributed by atoms with Gasteiger partial charge in [-0.2, -0.15) is 4.31 Å². The Morgan fingerprint density at radius 3 is 2.60 bits per heavy atom. The van der Waals surface area contributed by atoms with Crippen LogP contribution in [0.5, 0.6) is 0 Å². The number of hydrogen-bond acceptors (Lipinski definition) is 4. The fourth-order valence-electron chi connectivity index (χ4n) is 2.02. The predicted octanol–water partition coefficient (Wildman–Crippen LogP) is 1.14. The molecule has 1 aromatic heterocycles. The molecule has 1 saturated heterocycles. The Balaban J connectivity index is 1.64. The minimum Gasteiger partial charge on any atom is -0.247 e. The lowest BCUT2D eigenvalue weighted by molar-refractivity contribution is 0.191. The fourth-order valence-corrected chi connectivity index (χ4v) is 3.28. The highest BCUT2D eigenvalue weighted by Gasteiger charge is 2.35. The van der Waals surface area contributed by atoms with Gasteiger partial charge in [0.05, 0.1) is 12.2 Å². The van der Waals surface area contributed by atoms with Crippen LogP contribution in [0.1, 0.15) is 11.6 Å². The van der Waals surface area contributed by atoms with Crippen LogP contribution in [0, 0.1) is 0 Å². The van der Waals surface area contributed by atoms with Gasteiger partial charge in [0.1, 0.15) is 0 Å². The van der Waals surface area contributed by atoms with Gasteiger partial charge in [0.2, 0.25) is 10.0 Å². The molecule has 2 aromatic rings. The first kappa shape index (κ1) is 13.0. The van der Waals surface area contributed by atoms with Gasteiger partial charge in [0.15, 0.2) is 0 Å². The predicted molar refractivity (Wildman–Crippen MR) is 75.0 cm³/mol. The van der Waals surface area contributed by atoms with E-state index in [-0.39, 0.29) is 6.04 Å². The fraction of sp³-hybridized carbons (Fsp3) is 0.231. The molecule has 7 heteroatoms. The standard InChI is InChI=1S/C13H14N4O2S/c18-20(19,9-6-12-4-2-1-3-5-12)16-10-13(11-16)17-8-7-14-15-17/h1-9,13H,10-11H2/b9-6+. The maximum atomic E-state index is 12.1. The Labute approximate surface area is 117 Å². The minimum absolute atomic E-state index is 0.0809. The van der Waals surface area contributed by atoms with Gasteiger partial charge in [-0.1, -0.05) is 35.5 Å². The van der Waals surface area contributed by atoms with Crippen LogP contribution in [0.25, 0.3) is 6.08 Å². The molecule has 0 spiro atoms. The first-order valence-corrected chi connectivity index (χ1v) is 7.74. The molecule has 1 aromatic carbocycles.